The van der Waals surface area contributed by atoms with Gasteiger partial charge in [-0.2, -0.15) is 0 Å². The summed E-state index contributed by atoms with van der Waals surface area (Å²) in [5, 5.41) is 26.7. The van der Waals surface area contributed by atoms with Crippen molar-refractivity contribution in [1.29, 1.82) is 0 Å². The van der Waals surface area contributed by atoms with Crippen LogP contribution in [0.4, 0.5) is 0 Å². The standard InChI is InChI=1S/C8H12O5/c9-6(10)4-8(13,7(11)12)5-2-1-3-5/h5,13H,1-4H2,(H,9,10)(H,11,12). The third-order valence-corrected chi connectivity index (χ3v) is 2.57. The van der Waals surface area contributed by atoms with E-state index in [1.807, 2.05) is 0 Å². The molecule has 0 heterocycles. The van der Waals surface area contributed by atoms with Gasteiger partial charge >= 0.3 is 11.9 Å². The fourth-order valence-corrected chi connectivity index (χ4v) is 1.51. The lowest BCUT2D eigenvalue weighted by Gasteiger charge is -2.37. The molecular weight excluding hydrogens is 176 g/mol. The molecule has 1 rings (SSSR count). The number of aliphatic carboxylic acids is 2. The van der Waals surface area contributed by atoms with Crippen molar-refractivity contribution in [2.75, 3.05) is 0 Å². The second-order valence-electron chi connectivity index (χ2n) is 3.43. The minimum absolute atomic E-state index is 0.402. The third kappa shape index (κ3) is 1.80. The summed E-state index contributed by atoms with van der Waals surface area (Å²) < 4.78 is 0. The number of carboxylic acid groups (broad SMARTS) is 2. The maximum absolute atomic E-state index is 10.7. The average molecular weight is 188 g/mol. The molecule has 0 aliphatic heterocycles. The molecule has 0 aromatic carbocycles. The van der Waals surface area contributed by atoms with E-state index in [4.69, 9.17) is 10.2 Å². The van der Waals surface area contributed by atoms with Crippen molar-refractivity contribution in [2.24, 2.45) is 5.92 Å². The minimum Gasteiger partial charge on any atom is -0.481 e. The van der Waals surface area contributed by atoms with Gasteiger partial charge in [0.25, 0.3) is 0 Å². The monoisotopic (exact) mass is 188 g/mol. The Bertz CT molecular complexity index is 233. The topological polar surface area (TPSA) is 94.8 Å². The zero-order chi connectivity index (χ0) is 10.1. The molecule has 74 valence electrons. The molecule has 0 saturated heterocycles. The van der Waals surface area contributed by atoms with Crippen LogP contribution in [0.25, 0.3) is 0 Å². The van der Waals surface area contributed by atoms with E-state index < -0.39 is 29.9 Å². The van der Waals surface area contributed by atoms with Crippen LogP contribution in [0.15, 0.2) is 0 Å². The highest BCUT2D eigenvalue weighted by atomic mass is 16.4. The highest BCUT2D eigenvalue weighted by molar-refractivity contribution is 5.84. The molecule has 0 aromatic rings. The fourth-order valence-electron chi connectivity index (χ4n) is 1.51. The van der Waals surface area contributed by atoms with Gasteiger partial charge in [0.05, 0.1) is 6.42 Å². The Morgan fingerprint density at radius 3 is 2.08 bits per heavy atom. The van der Waals surface area contributed by atoms with Gasteiger partial charge in [0.2, 0.25) is 0 Å². The summed E-state index contributed by atoms with van der Waals surface area (Å²) in [7, 11) is 0. The first-order valence-electron chi connectivity index (χ1n) is 4.14. The molecule has 0 spiro atoms. The molecule has 0 bridgehead atoms. The summed E-state index contributed by atoms with van der Waals surface area (Å²) in [6.45, 7) is 0. The van der Waals surface area contributed by atoms with E-state index in [-0.39, 0.29) is 0 Å². The Hall–Kier alpha value is -1.10. The predicted octanol–water partition coefficient (Wildman–Crippen LogP) is 0.0769. The molecule has 5 heteroatoms. The summed E-state index contributed by atoms with van der Waals surface area (Å²) >= 11 is 0. The first-order valence-corrected chi connectivity index (χ1v) is 4.14. The molecule has 1 unspecified atom stereocenters. The Kier molecular flexibility index (Phi) is 2.56. The quantitative estimate of drug-likeness (QED) is 0.580. The molecular formula is C8H12O5. The lowest BCUT2D eigenvalue weighted by atomic mass is 9.71. The maximum atomic E-state index is 10.7. The predicted molar refractivity (Wildman–Crippen MR) is 42.2 cm³/mol. The Balaban J connectivity index is 2.73. The normalized spacial score (nSPS) is 21.6. The van der Waals surface area contributed by atoms with Crippen molar-refractivity contribution in [1.82, 2.24) is 0 Å². The molecule has 0 aromatic heterocycles. The van der Waals surface area contributed by atoms with Crippen LogP contribution in [0.1, 0.15) is 25.7 Å². The lowest BCUT2D eigenvalue weighted by molar-refractivity contribution is -0.175. The molecule has 3 N–H and O–H groups in total. The van der Waals surface area contributed by atoms with Crippen LogP contribution in [0.3, 0.4) is 0 Å². The second kappa shape index (κ2) is 3.33. The van der Waals surface area contributed by atoms with Gasteiger partial charge in [0.1, 0.15) is 0 Å². The van der Waals surface area contributed by atoms with Crippen LogP contribution in [0.2, 0.25) is 0 Å². The van der Waals surface area contributed by atoms with Crippen molar-refractivity contribution in [3.63, 3.8) is 0 Å². The summed E-state index contributed by atoms with van der Waals surface area (Å²) in [4.78, 5) is 21.0. The zero-order valence-corrected chi connectivity index (χ0v) is 7.06. The van der Waals surface area contributed by atoms with Crippen LogP contribution in [0.5, 0.6) is 0 Å². The first kappa shape index (κ1) is 9.98. The SMILES string of the molecule is O=C(O)CC(O)(C(=O)O)C1CCC1. The van der Waals surface area contributed by atoms with Crippen LogP contribution >= 0.6 is 0 Å². The van der Waals surface area contributed by atoms with Crippen LogP contribution in [0, 0.1) is 5.92 Å². The minimum atomic E-state index is -2.07. The molecule has 0 radical (unpaired) electrons. The Morgan fingerprint density at radius 2 is 1.85 bits per heavy atom. The molecule has 1 atom stereocenters. The molecule has 1 saturated carbocycles. The molecule has 13 heavy (non-hydrogen) atoms. The van der Waals surface area contributed by atoms with Crippen molar-refractivity contribution in [2.45, 2.75) is 31.3 Å². The van der Waals surface area contributed by atoms with Gasteiger partial charge in [-0.1, -0.05) is 6.42 Å². The molecule has 1 aliphatic rings. The fraction of sp³-hybridized carbons (Fsp3) is 0.750. The van der Waals surface area contributed by atoms with E-state index in [1.165, 1.54) is 0 Å². The van der Waals surface area contributed by atoms with Crippen molar-refractivity contribution in [3.8, 4) is 0 Å². The number of hydrogen-bond donors (Lipinski definition) is 3. The van der Waals surface area contributed by atoms with E-state index in [1.54, 1.807) is 0 Å². The molecule has 1 fully saturated rings. The van der Waals surface area contributed by atoms with Crippen molar-refractivity contribution < 1.29 is 24.9 Å². The number of rotatable bonds is 4. The van der Waals surface area contributed by atoms with Gasteiger partial charge in [-0.3, -0.25) is 4.79 Å². The van der Waals surface area contributed by atoms with E-state index in [0.29, 0.717) is 12.8 Å². The van der Waals surface area contributed by atoms with Crippen LogP contribution in [-0.2, 0) is 9.59 Å². The van der Waals surface area contributed by atoms with Gasteiger partial charge in [-0.25, -0.2) is 4.79 Å². The van der Waals surface area contributed by atoms with E-state index in [0.717, 1.165) is 6.42 Å². The highest BCUT2D eigenvalue weighted by Gasteiger charge is 2.48. The summed E-state index contributed by atoms with van der Waals surface area (Å²) in [5.41, 5.74) is -2.07. The lowest BCUT2D eigenvalue weighted by Crippen LogP contribution is -2.50. The second-order valence-corrected chi connectivity index (χ2v) is 3.43. The Morgan fingerprint density at radius 1 is 1.31 bits per heavy atom. The third-order valence-electron chi connectivity index (χ3n) is 2.57. The van der Waals surface area contributed by atoms with Crippen LogP contribution in [-0.4, -0.2) is 32.9 Å². The van der Waals surface area contributed by atoms with Gasteiger partial charge in [-0.15, -0.1) is 0 Å². The number of carboxylic acids is 2. The van der Waals surface area contributed by atoms with E-state index in [2.05, 4.69) is 0 Å². The van der Waals surface area contributed by atoms with E-state index in [9.17, 15) is 14.7 Å². The van der Waals surface area contributed by atoms with Gasteiger partial charge in [-0.05, 0) is 18.8 Å². The van der Waals surface area contributed by atoms with Gasteiger partial charge in [0.15, 0.2) is 5.60 Å². The largest absolute Gasteiger partial charge is 0.481 e. The number of carbonyl (C=O) groups is 2. The smallest absolute Gasteiger partial charge is 0.336 e. The molecule has 1 aliphatic carbocycles. The molecule has 0 amide bonds. The summed E-state index contributed by atoms with van der Waals surface area (Å²) in [5.74, 6) is -3.11. The zero-order valence-electron chi connectivity index (χ0n) is 7.06. The van der Waals surface area contributed by atoms with Crippen LogP contribution < -0.4 is 0 Å². The Labute approximate surface area is 75.0 Å². The van der Waals surface area contributed by atoms with Crippen molar-refractivity contribution in [3.05, 3.63) is 0 Å². The van der Waals surface area contributed by atoms with Crippen molar-refractivity contribution >= 4 is 11.9 Å². The highest BCUT2D eigenvalue weighted by Crippen LogP contribution is 2.38. The number of aliphatic hydroxyl groups is 1. The molecule has 5 nitrogen and oxygen atoms in total. The summed E-state index contributed by atoms with van der Waals surface area (Å²) in [6.07, 6.45) is 1.33. The summed E-state index contributed by atoms with van der Waals surface area (Å²) in [6, 6.07) is 0. The van der Waals surface area contributed by atoms with Gasteiger partial charge in [0, 0.05) is 0 Å². The first-order chi connectivity index (χ1) is 5.97. The van der Waals surface area contributed by atoms with Gasteiger partial charge < -0.3 is 15.3 Å². The average Bonchev–Trinajstić information content (AvgIpc) is 1.79. The maximum Gasteiger partial charge on any atom is 0.336 e. The number of hydrogen-bond acceptors (Lipinski definition) is 3. The van der Waals surface area contributed by atoms with E-state index >= 15 is 0 Å².